The average molecular weight is 166 g/mol. The molecule has 0 atom stereocenters. The van der Waals surface area contributed by atoms with Gasteiger partial charge >= 0.3 is 0 Å². The minimum atomic E-state index is 1.05. The fraction of sp³-hybridized carbons (Fsp3) is 0.900. The van der Waals surface area contributed by atoms with Gasteiger partial charge in [-0.3, -0.25) is 4.99 Å². The predicted octanol–water partition coefficient (Wildman–Crippen LogP) is 1.96. The smallest absolute Gasteiger partial charge is 0.0963 e. The van der Waals surface area contributed by atoms with Crippen LogP contribution in [0.3, 0.4) is 0 Å². The number of nitrogens with zero attached hydrogens (tertiary/aromatic N) is 1. The van der Waals surface area contributed by atoms with Gasteiger partial charge in [0.05, 0.1) is 5.84 Å². The van der Waals surface area contributed by atoms with Gasteiger partial charge in [0.2, 0.25) is 0 Å². The molecular weight excluding hydrogens is 148 g/mol. The molecule has 2 rings (SSSR count). The van der Waals surface area contributed by atoms with Crippen LogP contribution in [0, 0.1) is 5.92 Å². The number of nitrogens with one attached hydrogen (secondary N) is 1. The highest BCUT2D eigenvalue weighted by Gasteiger charge is 2.19. The van der Waals surface area contributed by atoms with E-state index in [0.717, 1.165) is 19.0 Å². The Bertz CT molecular complexity index is 171. The van der Waals surface area contributed by atoms with Crippen LogP contribution in [0.5, 0.6) is 0 Å². The van der Waals surface area contributed by atoms with Gasteiger partial charge in [0.25, 0.3) is 0 Å². The van der Waals surface area contributed by atoms with Crippen molar-refractivity contribution in [2.75, 3.05) is 13.1 Å². The molecule has 0 amide bonds. The molecule has 0 aromatic heterocycles. The lowest BCUT2D eigenvalue weighted by atomic mass is 10.2. The van der Waals surface area contributed by atoms with E-state index in [1.807, 2.05) is 0 Å². The lowest BCUT2D eigenvalue weighted by molar-refractivity contribution is 0.650. The zero-order valence-electron chi connectivity index (χ0n) is 7.68. The second-order valence-corrected chi connectivity index (χ2v) is 3.94. The second kappa shape index (κ2) is 3.92. The molecule has 0 spiro atoms. The number of hydrogen-bond acceptors (Lipinski definition) is 2. The maximum atomic E-state index is 4.37. The fourth-order valence-electron chi connectivity index (χ4n) is 1.71. The van der Waals surface area contributed by atoms with Crippen molar-refractivity contribution in [2.24, 2.45) is 10.9 Å². The van der Waals surface area contributed by atoms with Crippen LogP contribution in [0.4, 0.5) is 0 Å². The van der Waals surface area contributed by atoms with Crippen molar-refractivity contribution < 1.29 is 0 Å². The molecule has 1 aliphatic carbocycles. The van der Waals surface area contributed by atoms with E-state index in [9.17, 15) is 0 Å². The van der Waals surface area contributed by atoms with Crippen molar-refractivity contribution in [2.45, 2.75) is 38.5 Å². The van der Waals surface area contributed by atoms with E-state index in [4.69, 9.17) is 0 Å². The molecule has 1 saturated carbocycles. The Kier molecular flexibility index (Phi) is 2.64. The van der Waals surface area contributed by atoms with Crippen molar-refractivity contribution in [1.82, 2.24) is 5.32 Å². The zero-order chi connectivity index (χ0) is 8.23. The van der Waals surface area contributed by atoms with Gasteiger partial charge in [-0.15, -0.1) is 0 Å². The summed E-state index contributed by atoms with van der Waals surface area (Å²) in [6, 6.07) is 0. The summed E-state index contributed by atoms with van der Waals surface area (Å²) >= 11 is 0. The monoisotopic (exact) mass is 166 g/mol. The number of amidine groups is 1. The van der Waals surface area contributed by atoms with Gasteiger partial charge in [0, 0.05) is 19.5 Å². The molecule has 2 aliphatic rings. The minimum absolute atomic E-state index is 1.05. The fourth-order valence-corrected chi connectivity index (χ4v) is 1.71. The molecule has 0 bridgehead atoms. The summed E-state index contributed by atoms with van der Waals surface area (Å²) in [4.78, 5) is 4.37. The van der Waals surface area contributed by atoms with Gasteiger partial charge in [-0.25, -0.2) is 0 Å². The molecule has 0 radical (unpaired) electrons. The van der Waals surface area contributed by atoms with E-state index in [1.54, 1.807) is 0 Å². The van der Waals surface area contributed by atoms with Crippen LogP contribution in [0.2, 0.25) is 0 Å². The van der Waals surface area contributed by atoms with Crippen LogP contribution in [-0.4, -0.2) is 18.9 Å². The summed E-state index contributed by atoms with van der Waals surface area (Å²) in [5, 5.41) is 3.41. The Morgan fingerprint density at radius 3 is 3.00 bits per heavy atom. The van der Waals surface area contributed by atoms with Gasteiger partial charge in [-0.1, -0.05) is 12.8 Å². The number of aliphatic imine (C=N–C) groups is 1. The normalized spacial score (nSPS) is 22.5. The third kappa shape index (κ3) is 2.50. The third-order valence-electron chi connectivity index (χ3n) is 2.69. The number of hydrogen-bond donors (Lipinski definition) is 1. The lowest BCUT2D eigenvalue weighted by Crippen LogP contribution is -2.22. The topological polar surface area (TPSA) is 24.4 Å². The van der Waals surface area contributed by atoms with Crippen molar-refractivity contribution in [1.29, 1.82) is 0 Å². The van der Waals surface area contributed by atoms with E-state index < -0.39 is 0 Å². The minimum Gasteiger partial charge on any atom is -0.374 e. The molecule has 12 heavy (non-hydrogen) atoms. The first-order valence-corrected chi connectivity index (χ1v) is 5.22. The van der Waals surface area contributed by atoms with E-state index >= 15 is 0 Å². The number of rotatable bonds is 4. The molecule has 2 nitrogen and oxygen atoms in total. The first kappa shape index (κ1) is 8.09. The second-order valence-electron chi connectivity index (χ2n) is 3.94. The third-order valence-corrected chi connectivity index (χ3v) is 2.69. The van der Waals surface area contributed by atoms with Crippen LogP contribution in [-0.2, 0) is 0 Å². The van der Waals surface area contributed by atoms with Gasteiger partial charge < -0.3 is 5.32 Å². The van der Waals surface area contributed by atoms with Crippen molar-refractivity contribution in [3.8, 4) is 0 Å². The van der Waals surface area contributed by atoms with E-state index in [0.29, 0.717) is 0 Å². The molecule has 1 N–H and O–H groups in total. The van der Waals surface area contributed by atoms with E-state index in [2.05, 4.69) is 10.3 Å². The SMILES string of the molecule is C1CN=C(NCCCC2CC2)C1. The standard InChI is InChI=1S/C10H18N2/c1(3-9-5-6-9)7-11-10-4-2-8-12-10/h9H,1-8H2,(H,11,12). The highest BCUT2D eigenvalue weighted by atomic mass is 15.0. The van der Waals surface area contributed by atoms with E-state index in [1.165, 1.54) is 44.4 Å². The molecule has 0 unspecified atom stereocenters. The van der Waals surface area contributed by atoms with Crippen molar-refractivity contribution >= 4 is 5.84 Å². The predicted molar refractivity (Wildman–Crippen MR) is 51.5 cm³/mol. The largest absolute Gasteiger partial charge is 0.374 e. The van der Waals surface area contributed by atoms with Gasteiger partial charge in [-0.2, -0.15) is 0 Å². The van der Waals surface area contributed by atoms with Crippen LogP contribution in [0.1, 0.15) is 38.5 Å². The lowest BCUT2D eigenvalue weighted by Gasteiger charge is -2.04. The Hall–Kier alpha value is -0.530. The first-order valence-electron chi connectivity index (χ1n) is 5.22. The molecule has 0 aromatic rings. The van der Waals surface area contributed by atoms with Crippen LogP contribution >= 0.6 is 0 Å². The average Bonchev–Trinajstić information content (AvgIpc) is 2.76. The highest BCUT2D eigenvalue weighted by Crippen LogP contribution is 2.33. The molecule has 68 valence electrons. The van der Waals surface area contributed by atoms with Crippen molar-refractivity contribution in [3.63, 3.8) is 0 Å². The molecular formula is C10H18N2. The maximum absolute atomic E-state index is 4.37. The van der Waals surface area contributed by atoms with Gasteiger partial charge in [0.1, 0.15) is 0 Å². The Morgan fingerprint density at radius 2 is 2.33 bits per heavy atom. The summed E-state index contributed by atoms with van der Waals surface area (Å²) in [6.45, 7) is 2.19. The molecule has 1 heterocycles. The zero-order valence-corrected chi connectivity index (χ0v) is 7.68. The van der Waals surface area contributed by atoms with Crippen LogP contribution in [0.15, 0.2) is 4.99 Å². The molecule has 0 saturated heterocycles. The summed E-state index contributed by atoms with van der Waals surface area (Å²) in [6.07, 6.45) is 8.18. The van der Waals surface area contributed by atoms with Gasteiger partial charge in [0.15, 0.2) is 0 Å². The van der Waals surface area contributed by atoms with Crippen LogP contribution < -0.4 is 5.32 Å². The maximum Gasteiger partial charge on any atom is 0.0963 e. The van der Waals surface area contributed by atoms with Crippen molar-refractivity contribution in [3.05, 3.63) is 0 Å². The molecule has 0 aromatic carbocycles. The highest BCUT2D eigenvalue weighted by molar-refractivity contribution is 5.83. The molecule has 1 aliphatic heterocycles. The summed E-state index contributed by atoms with van der Waals surface area (Å²) in [5.41, 5.74) is 0. The quantitative estimate of drug-likeness (QED) is 0.634. The Balaban J connectivity index is 1.49. The van der Waals surface area contributed by atoms with Gasteiger partial charge in [-0.05, 0) is 25.2 Å². The first-order chi connectivity index (χ1) is 5.95. The summed E-state index contributed by atoms with van der Waals surface area (Å²) in [5.74, 6) is 2.34. The van der Waals surface area contributed by atoms with E-state index in [-0.39, 0.29) is 0 Å². The Morgan fingerprint density at radius 1 is 1.42 bits per heavy atom. The Labute approximate surface area is 74.5 Å². The molecule has 1 fully saturated rings. The summed E-state index contributed by atoms with van der Waals surface area (Å²) in [7, 11) is 0. The molecule has 2 heteroatoms. The summed E-state index contributed by atoms with van der Waals surface area (Å²) < 4.78 is 0. The van der Waals surface area contributed by atoms with Crippen LogP contribution in [0.25, 0.3) is 0 Å².